The zero-order valence-electron chi connectivity index (χ0n) is 7.84. The lowest BCUT2D eigenvalue weighted by Gasteiger charge is -2.08. The number of benzene rings is 1. The minimum absolute atomic E-state index is 0.317. The molecule has 3 nitrogen and oxygen atoms in total. The van der Waals surface area contributed by atoms with Crippen LogP contribution < -0.4 is 10.3 Å². The predicted octanol–water partition coefficient (Wildman–Crippen LogP) is 2.43. The third-order valence-corrected chi connectivity index (χ3v) is 1.98. The summed E-state index contributed by atoms with van der Waals surface area (Å²) in [4.78, 5) is 13.7. The number of pyridine rings is 1. The van der Waals surface area contributed by atoms with Crippen LogP contribution in [0.1, 0.15) is 0 Å². The van der Waals surface area contributed by atoms with Crippen LogP contribution in [-0.4, -0.2) is 11.3 Å². The lowest BCUT2D eigenvalue weighted by molar-refractivity contribution is -0.274. The molecule has 16 heavy (non-hydrogen) atoms. The Morgan fingerprint density at radius 2 is 1.94 bits per heavy atom. The molecule has 1 aromatic heterocycles. The molecule has 1 aromatic carbocycles. The predicted molar refractivity (Wildman–Crippen MR) is 51.3 cm³/mol. The van der Waals surface area contributed by atoms with Gasteiger partial charge >= 0.3 is 6.36 Å². The van der Waals surface area contributed by atoms with Crippen LogP contribution in [0.3, 0.4) is 0 Å². The highest BCUT2D eigenvalue weighted by Gasteiger charge is 2.31. The van der Waals surface area contributed by atoms with Crippen LogP contribution in [-0.2, 0) is 0 Å². The number of aromatic amines is 1. The minimum Gasteiger partial charge on any atom is -0.406 e. The molecule has 84 valence electrons. The van der Waals surface area contributed by atoms with Crippen molar-refractivity contribution < 1.29 is 17.9 Å². The fraction of sp³-hybridized carbons (Fsp3) is 0.100. The van der Waals surface area contributed by atoms with E-state index in [0.29, 0.717) is 10.8 Å². The van der Waals surface area contributed by atoms with E-state index in [1.165, 1.54) is 18.3 Å². The molecule has 0 spiro atoms. The molecular weight excluding hydrogens is 223 g/mol. The topological polar surface area (TPSA) is 42.1 Å². The Kier molecular flexibility index (Phi) is 2.34. The lowest BCUT2D eigenvalue weighted by Crippen LogP contribution is -2.17. The summed E-state index contributed by atoms with van der Waals surface area (Å²) in [5.41, 5.74) is -0.351. The molecule has 2 rings (SSSR count). The Morgan fingerprint density at radius 3 is 2.62 bits per heavy atom. The third kappa shape index (κ3) is 2.16. The maximum absolute atomic E-state index is 11.9. The van der Waals surface area contributed by atoms with Crippen molar-refractivity contribution >= 4 is 10.8 Å². The first-order valence-corrected chi connectivity index (χ1v) is 4.33. The molecule has 0 fully saturated rings. The molecule has 6 heteroatoms. The van der Waals surface area contributed by atoms with Gasteiger partial charge in [-0.15, -0.1) is 13.2 Å². The molecule has 0 saturated heterocycles. The van der Waals surface area contributed by atoms with Gasteiger partial charge in [-0.05, 0) is 29.7 Å². The van der Waals surface area contributed by atoms with E-state index >= 15 is 0 Å². The van der Waals surface area contributed by atoms with Crippen LogP contribution in [0, 0.1) is 0 Å². The number of halogens is 3. The van der Waals surface area contributed by atoms with Gasteiger partial charge in [-0.25, -0.2) is 0 Å². The highest BCUT2D eigenvalue weighted by atomic mass is 19.4. The van der Waals surface area contributed by atoms with E-state index in [9.17, 15) is 18.0 Å². The van der Waals surface area contributed by atoms with Crippen molar-refractivity contribution in [1.29, 1.82) is 0 Å². The monoisotopic (exact) mass is 229 g/mol. The first kappa shape index (κ1) is 10.5. The zero-order valence-corrected chi connectivity index (χ0v) is 7.84. The summed E-state index contributed by atoms with van der Waals surface area (Å²) in [6.07, 6.45) is -3.36. The van der Waals surface area contributed by atoms with Crippen molar-refractivity contribution in [2.75, 3.05) is 0 Å². The van der Waals surface area contributed by atoms with Gasteiger partial charge in [-0.3, -0.25) is 4.79 Å². The maximum Gasteiger partial charge on any atom is 0.573 e. The Morgan fingerprint density at radius 1 is 1.19 bits per heavy atom. The quantitative estimate of drug-likeness (QED) is 0.815. The van der Waals surface area contributed by atoms with Crippen LogP contribution in [0.15, 0.2) is 35.3 Å². The standard InChI is InChI=1S/C10H6F3NO2/c11-10(12,13)16-7-1-2-8-6(5-7)3-4-14-9(8)15/h1-5H,(H,14,15). The summed E-state index contributed by atoms with van der Waals surface area (Å²) in [5, 5.41) is 0.711. The molecule has 0 bridgehead atoms. The molecule has 2 aromatic rings. The van der Waals surface area contributed by atoms with Gasteiger partial charge in [-0.1, -0.05) is 0 Å². The van der Waals surface area contributed by atoms with Crippen molar-refractivity contribution in [2.45, 2.75) is 6.36 Å². The third-order valence-electron chi connectivity index (χ3n) is 1.98. The number of H-pyrrole nitrogens is 1. The number of alkyl halides is 3. The molecule has 0 aliphatic rings. The van der Waals surface area contributed by atoms with E-state index in [-0.39, 0.29) is 11.3 Å². The maximum atomic E-state index is 11.9. The van der Waals surface area contributed by atoms with E-state index in [2.05, 4.69) is 9.72 Å². The summed E-state index contributed by atoms with van der Waals surface area (Å²) in [5.74, 6) is -0.342. The summed E-state index contributed by atoms with van der Waals surface area (Å²) in [6, 6.07) is 5.05. The second kappa shape index (κ2) is 3.55. The molecule has 0 amide bonds. The second-order valence-electron chi connectivity index (χ2n) is 3.10. The Labute approximate surface area is 87.5 Å². The van der Waals surface area contributed by atoms with Gasteiger partial charge in [0.25, 0.3) is 5.56 Å². The van der Waals surface area contributed by atoms with Gasteiger partial charge in [0.05, 0.1) is 0 Å². The SMILES string of the molecule is O=c1[nH]ccc2cc(OC(F)(F)F)ccc12. The largest absolute Gasteiger partial charge is 0.573 e. The van der Waals surface area contributed by atoms with Crippen LogP contribution in [0.4, 0.5) is 13.2 Å². The van der Waals surface area contributed by atoms with Gasteiger partial charge in [0, 0.05) is 11.6 Å². The Hall–Kier alpha value is -1.98. The number of rotatable bonds is 1. The van der Waals surface area contributed by atoms with E-state index < -0.39 is 6.36 Å². The smallest absolute Gasteiger partial charge is 0.406 e. The summed E-state index contributed by atoms with van der Waals surface area (Å²) < 4.78 is 39.5. The van der Waals surface area contributed by atoms with Crippen LogP contribution in [0.5, 0.6) is 5.75 Å². The van der Waals surface area contributed by atoms with Crippen LogP contribution in [0.2, 0.25) is 0 Å². The second-order valence-corrected chi connectivity index (χ2v) is 3.10. The van der Waals surface area contributed by atoms with Gasteiger partial charge in [0.2, 0.25) is 0 Å². The van der Waals surface area contributed by atoms with E-state index in [1.807, 2.05) is 0 Å². The molecular formula is C10H6F3NO2. The molecule has 0 atom stereocenters. The average molecular weight is 229 g/mol. The molecule has 0 aliphatic carbocycles. The summed E-state index contributed by atoms with van der Waals surface area (Å²) in [7, 11) is 0. The van der Waals surface area contributed by atoms with Gasteiger partial charge in [0.1, 0.15) is 5.75 Å². The van der Waals surface area contributed by atoms with Crippen molar-refractivity contribution in [3.63, 3.8) is 0 Å². The van der Waals surface area contributed by atoms with E-state index in [4.69, 9.17) is 0 Å². The molecule has 0 radical (unpaired) electrons. The molecule has 1 N–H and O–H groups in total. The first-order valence-electron chi connectivity index (χ1n) is 4.33. The van der Waals surface area contributed by atoms with Crippen LogP contribution >= 0.6 is 0 Å². The number of hydrogen-bond donors (Lipinski definition) is 1. The number of ether oxygens (including phenoxy) is 1. The Balaban J connectivity index is 2.49. The van der Waals surface area contributed by atoms with Crippen molar-refractivity contribution in [3.8, 4) is 5.75 Å². The van der Waals surface area contributed by atoms with Crippen LogP contribution in [0.25, 0.3) is 10.8 Å². The van der Waals surface area contributed by atoms with E-state index in [1.54, 1.807) is 0 Å². The Bertz CT molecular complexity index is 574. The van der Waals surface area contributed by atoms with Crippen molar-refractivity contribution in [2.24, 2.45) is 0 Å². The van der Waals surface area contributed by atoms with Gasteiger partial charge < -0.3 is 9.72 Å². The number of aromatic nitrogens is 1. The number of nitrogens with one attached hydrogen (secondary N) is 1. The van der Waals surface area contributed by atoms with E-state index in [0.717, 1.165) is 12.1 Å². The molecule has 0 saturated carbocycles. The van der Waals surface area contributed by atoms with Crippen molar-refractivity contribution in [1.82, 2.24) is 4.98 Å². The van der Waals surface area contributed by atoms with Crippen molar-refractivity contribution in [3.05, 3.63) is 40.8 Å². The fourth-order valence-corrected chi connectivity index (χ4v) is 1.37. The number of fused-ring (bicyclic) bond motifs is 1. The number of hydrogen-bond acceptors (Lipinski definition) is 2. The highest BCUT2D eigenvalue weighted by Crippen LogP contribution is 2.24. The molecule has 1 heterocycles. The molecule has 0 unspecified atom stereocenters. The molecule has 0 aliphatic heterocycles. The lowest BCUT2D eigenvalue weighted by atomic mass is 10.2. The normalized spacial score (nSPS) is 11.7. The fourth-order valence-electron chi connectivity index (χ4n) is 1.37. The minimum atomic E-state index is -4.73. The first-order chi connectivity index (χ1) is 7.46. The average Bonchev–Trinajstić information content (AvgIpc) is 2.15. The summed E-state index contributed by atoms with van der Waals surface area (Å²) in [6.45, 7) is 0. The van der Waals surface area contributed by atoms with Gasteiger partial charge in [-0.2, -0.15) is 0 Å². The van der Waals surface area contributed by atoms with Gasteiger partial charge in [0.15, 0.2) is 0 Å². The summed E-state index contributed by atoms with van der Waals surface area (Å²) >= 11 is 0. The zero-order chi connectivity index (χ0) is 11.8. The highest BCUT2D eigenvalue weighted by molar-refractivity contribution is 5.82.